The van der Waals surface area contributed by atoms with Crippen molar-refractivity contribution in [1.82, 2.24) is 0 Å². The highest BCUT2D eigenvalue weighted by Crippen LogP contribution is 2.46. The van der Waals surface area contributed by atoms with Crippen LogP contribution in [0.1, 0.15) is 37.5 Å². The van der Waals surface area contributed by atoms with Gasteiger partial charge in [-0.25, -0.2) is 0 Å². The number of benzene rings is 2. The van der Waals surface area contributed by atoms with E-state index in [1.54, 1.807) is 18.2 Å². The first-order valence-electron chi connectivity index (χ1n) is 8.55. The Morgan fingerprint density at radius 2 is 1.81 bits per heavy atom. The van der Waals surface area contributed by atoms with E-state index in [1.165, 1.54) is 18.2 Å². The van der Waals surface area contributed by atoms with Crippen LogP contribution in [0.3, 0.4) is 0 Å². The summed E-state index contributed by atoms with van der Waals surface area (Å²) < 4.78 is 5.90. The Hall–Kier alpha value is -2.79. The van der Waals surface area contributed by atoms with Crippen molar-refractivity contribution < 1.29 is 19.7 Å². The zero-order valence-electron chi connectivity index (χ0n) is 14.6. The molecule has 5 nitrogen and oxygen atoms in total. The summed E-state index contributed by atoms with van der Waals surface area (Å²) in [4.78, 5) is 12.6. The minimum atomic E-state index is -0.811. The Balaban J connectivity index is 1.96. The average molecular weight is 352 g/mol. The lowest BCUT2D eigenvalue weighted by atomic mass is 9.72. The van der Waals surface area contributed by atoms with Gasteiger partial charge in [0.2, 0.25) is 0 Å². The van der Waals surface area contributed by atoms with Crippen molar-refractivity contribution in [2.45, 2.75) is 32.8 Å². The molecule has 4 rings (SSSR count). The van der Waals surface area contributed by atoms with Crippen molar-refractivity contribution in [3.8, 4) is 22.8 Å². The van der Waals surface area contributed by atoms with E-state index in [4.69, 9.17) is 4.42 Å². The Morgan fingerprint density at radius 1 is 1.12 bits per heavy atom. The third-order valence-electron chi connectivity index (χ3n) is 5.02. The fraction of sp³-hybridized carbons (Fsp3) is 0.286. The second kappa shape index (κ2) is 5.61. The monoisotopic (exact) mass is 352 g/mol. The molecule has 0 aliphatic heterocycles. The molecule has 26 heavy (non-hydrogen) atoms. The molecule has 1 heterocycles. The normalized spacial score (nSPS) is 18.7. The molecule has 0 amide bonds. The smallest absolute Gasteiger partial charge is 0.197 e. The molecule has 0 unspecified atom stereocenters. The molecule has 0 bridgehead atoms. The summed E-state index contributed by atoms with van der Waals surface area (Å²) in [6.07, 6.45) is 0.390. The van der Waals surface area contributed by atoms with Crippen molar-refractivity contribution in [3.63, 3.8) is 0 Å². The van der Waals surface area contributed by atoms with Gasteiger partial charge in [0.05, 0.1) is 6.10 Å². The summed E-state index contributed by atoms with van der Waals surface area (Å²) in [5.74, 6) is 0.295. The first kappa shape index (κ1) is 16.7. The lowest BCUT2D eigenvalue weighted by Crippen LogP contribution is -2.26. The van der Waals surface area contributed by atoms with Crippen LogP contribution >= 0.6 is 0 Å². The molecule has 0 spiro atoms. The number of aliphatic hydroxyl groups excluding tert-OH is 1. The quantitative estimate of drug-likeness (QED) is 0.618. The van der Waals surface area contributed by atoms with E-state index in [0.717, 1.165) is 5.56 Å². The Bertz CT molecular complexity index is 1060. The largest absolute Gasteiger partial charge is 0.508 e. The van der Waals surface area contributed by atoms with E-state index in [0.29, 0.717) is 35.3 Å². The summed E-state index contributed by atoms with van der Waals surface area (Å²) >= 11 is 0. The molecular weight excluding hydrogens is 332 g/mol. The van der Waals surface area contributed by atoms with E-state index >= 15 is 0 Å². The fourth-order valence-electron chi connectivity index (χ4n) is 3.87. The summed E-state index contributed by atoms with van der Waals surface area (Å²) in [7, 11) is 0. The number of phenols is 2. The van der Waals surface area contributed by atoms with Gasteiger partial charge in [0.1, 0.15) is 28.2 Å². The first-order valence-corrected chi connectivity index (χ1v) is 8.55. The van der Waals surface area contributed by atoms with Crippen molar-refractivity contribution in [2.75, 3.05) is 0 Å². The van der Waals surface area contributed by atoms with Crippen molar-refractivity contribution in [2.24, 2.45) is 5.41 Å². The summed E-state index contributed by atoms with van der Waals surface area (Å²) in [5.41, 5.74) is 1.69. The van der Waals surface area contributed by atoms with Gasteiger partial charge < -0.3 is 19.7 Å². The van der Waals surface area contributed by atoms with Crippen LogP contribution in [-0.2, 0) is 6.42 Å². The number of hydrogen-bond acceptors (Lipinski definition) is 5. The maximum atomic E-state index is 12.6. The zero-order chi connectivity index (χ0) is 18.6. The molecule has 1 aromatic heterocycles. The molecule has 1 aliphatic carbocycles. The van der Waals surface area contributed by atoms with Gasteiger partial charge in [-0.1, -0.05) is 13.8 Å². The van der Waals surface area contributed by atoms with Crippen molar-refractivity contribution >= 4 is 11.0 Å². The number of rotatable bonds is 1. The molecule has 0 radical (unpaired) electrons. The molecule has 0 saturated carbocycles. The lowest BCUT2D eigenvalue weighted by molar-refractivity contribution is 0.0974. The van der Waals surface area contributed by atoms with Crippen LogP contribution in [0.5, 0.6) is 11.5 Å². The van der Waals surface area contributed by atoms with E-state index in [1.807, 2.05) is 0 Å². The first-order chi connectivity index (χ1) is 12.2. The second-order valence-corrected chi connectivity index (χ2v) is 7.75. The number of phenolic OH excluding ortho intramolecular Hbond substituents is 2. The van der Waals surface area contributed by atoms with Crippen molar-refractivity contribution in [3.05, 3.63) is 57.7 Å². The van der Waals surface area contributed by atoms with E-state index in [-0.39, 0.29) is 27.7 Å². The molecular formula is C21H20O5. The molecule has 1 aliphatic rings. The van der Waals surface area contributed by atoms with E-state index in [2.05, 4.69) is 13.8 Å². The standard InChI is InChI=1S/C21H20O5/c1-21(2)9-12-7-17-19(20(25)18(12)15(24)10-21)14(23)8-16(26-17)11-3-5-13(22)6-4-11/h3-8,15,22,24-25H,9-10H2,1-2H3/t15-/m1/s1. The van der Waals surface area contributed by atoms with E-state index in [9.17, 15) is 20.1 Å². The molecule has 0 saturated heterocycles. The molecule has 3 N–H and O–H groups in total. The predicted molar refractivity (Wildman–Crippen MR) is 98.3 cm³/mol. The average Bonchev–Trinajstić information content (AvgIpc) is 2.53. The maximum Gasteiger partial charge on any atom is 0.197 e. The Kier molecular flexibility index (Phi) is 3.59. The molecule has 1 atom stereocenters. The van der Waals surface area contributed by atoms with Crippen LogP contribution in [0.25, 0.3) is 22.3 Å². The minimum absolute atomic E-state index is 0.0880. The highest BCUT2D eigenvalue weighted by atomic mass is 16.3. The van der Waals surface area contributed by atoms with Crippen LogP contribution in [0.2, 0.25) is 0 Å². The van der Waals surface area contributed by atoms with Crippen LogP contribution in [0, 0.1) is 5.41 Å². The van der Waals surface area contributed by atoms with Gasteiger partial charge in [-0.2, -0.15) is 0 Å². The van der Waals surface area contributed by atoms with Gasteiger partial charge in [0.15, 0.2) is 5.43 Å². The van der Waals surface area contributed by atoms with Crippen LogP contribution in [-0.4, -0.2) is 15.3 Å². The number of aromatic hydroxyl groups is 2. The van der Waals surface area contributed by atoms with Gasteiger partial charge >= 0.3 is 0 Å². The maximum absolute atomic E-state index is 12.6. The zero-order valence-corrected chi connectivity index (χ0v) is 14.6. The Labute approximate surface area is 150 Å². The van der Waals surface area contributed by atoms with Gasteiger partial charge in [0, 0.05) is 17.2 Å². The highest BCUT2D eigenvalue weighted by molar-refractivity contribution is 5.87. The fourth-order valence-corrected chi connectivity index (χ4v) is 3.87. The predicted octanol–water partition coefficient (Wildman–Crippen LogP) is 3.88. The third-order valence-corrected chi connectivity index (χ3v) is 5.02. The minimum Gasteiger partial charge on any atom is -0.508 e. The third kappa shape index (κ3) is 2.65. The van der Waals surface area contributed by atoms with E-state index < -0.39 is 6.10 Å². The van der Waals surface area contributed by atoms with Crippen LogP contribution in [0.4, 0.5) is 0 Å². The summed E-state index contributed by atoms with van der Waals surface area (Å²) in [5, 5.41) is 30.6. The lowest BCUT2D eigenvalue weighted by Gasteiger charge is -2.35. The molecule has 5 heteroatoms. The van der Waals surface area contributed by atoms with Gasteiger partial charge in [-0.05, 0) is 54.2 Å². The second-order valence-electron chi connectivity index (χ2n) is 7.75. The van der Waals surface area contributed by atoms with Crippen LogP contribution < -0.4 is 5.43 Å². The van der Waals surface area contributed by atoms with Gasteiger partial charge in [0.25, 0.3) is 0 Å². The molecule has 3 aromatic rings. The summed E-state index contributed by atoms with van der Waals surface area (Å²) in [6, 6.07) is 9.42. The van der Waals surface area contributed by atoms with Gasteiger partial charge in [-0.3, -0.25) is 4.79 Å². The SMILES string of the molecule is CC1(C)Cc2cc3oc(-c4ccc(O)cc4)cc(=O)c3c(O)c2[C@H](O)C1. The van der Waals surface area contributed by atoms with Crippen LogP contribution in [0.15, 0.2) is 45.6 Å². The number of hydrogen-bond donors (Lipinski definition) is 3. The topological polar surface area (TPSA) is 90.9 Å². The van der Waals surface area contributed by atoms with Crippen molar-refractivity contribution in [1.29, 1.82) is 0 Å². The number of fused-ring (bicyclic) bond motifs is 2. The molecule has 2 aromatic carbocycles. The summed E-state index contributed by atoms with van der Waals surface area (Å²) in [6.45, 7) is 4.12. The Morgan fingerprint density at radius 3 is 2.50 bits per heavy atom. The highest BCUT2D eigenvalue weighted by Gasteiger charge is 2.34. The molecule has 134 valence electrons. The number of aliphatic hydroxyl groups is 1. The molecule has 0 fully saturated rings. The van der Waals surface area contributed by atoms with Gasteiger partial charge in [-0.15, -0.1) is 0 Å².